The van der Waals surface area contributed by atoms with Crippen molar-refractivity contribution in [3.63, 3.8) is 0 Å². The molecule has 1 aromatic rings. The van der Waals surface area contributed by atoms with Gasteiger partial charge in [-0.05, 0) is 78.0 Å². The summed E-state index contributed by atoms with van der Waals surface area (Å²) in [5.41, 5.74) is 2.21. The highest BCUT2D eigenvalue weighted by molar-refractivity contribution is 8.00. The van der Waals surface area contributed by atoms with Gasteiger partial charge in [-0.2, -0.15) is 16.1 Å². The van der Waals surface area contributed by atoms with Gasteiger partial charge in [0.25, 0.3) is 0 Å². The molecule has 6 nitrogen and oxygen atoms in total. The molecule has 1 aliphatic rings. The van der Waals surface area contributed by atoms with Gasteiger partial charge in [0, 0.05) is 17.0 Å². The molecule has 0 unspecified atom stereocenters. The zero-order valence-electron chi connectivity index (χ0n) is 18.5. The summed E-state index contributed by atoms with van der Waals surface area (Å²) in [5.74, 6) is 0.629. The Hall–Kier alpha value is -1.73. The fraction of sp³-hybridized carbons (Fsp3) is 0.545. The summed E-state index contributed by atoms with van der Waals surface area (Å²) in [5, 5.41) is 0. The Labute approximate surface area is 184 Å². The maximum absolute atomic E-state index is 13.4. The first-order valence-corrected chi connectivity index (χ1v) is 12.3. The Bertz CT molecular complexity index is 908. The molecule has 8 heteroatoms. The maximum atomic E-state index is 13.4. The summed E-state index contributed by atoms with van der Waals surface area (Å²) in [6.07, 6.45) is 3.52. The molecule has 0 spiro atoms. The lowest BCUT2D eigenvalue weighted by atomic mass is 10.0. The third kappa shape index (κ3) is 6.14. The predicted octanol–water partition coefficient (Wildman–Crippen LogP) is 4.02. The Balaban J connectivity index is 2.31. The van der Waals surface area contributed by atoms with Crippen LogP contribution in [0.1, 0.15) is 41.5 Å². The van der Waals surface area contributed by atoms with E-state index in [1.807, 2.05) is 20.8 Å². The van der Waals surface area contributed by atoms with Crippen molar-refractivity contribution in [3.05, 3.63) is 42.1 Å². The second kappa shape index (κ2) is 9.60. The van der Waals surface area contributed by atoms with Gasteiger partial charge >= 0.3 is 5.97 Å². The van der Waals surface area contributed by atoms with Crippen LogP contribution in [0, 0.1) is 0 Å². The smallest absolute Gasteiger partial charge is 0.326 e. The first-order valence-electron chi connectivity index (χ1n) is 9.85. The number of carbonyl (C=O) groups excluding carboxylic acids is 1. The largest absolute Gasteiger partial charge is 0.489 e. The molecule has 1 fully saturated rings. The summed E-state index contributed by atoms with van der Waals surface area (Å²) in [7, 11) is -3.89. The SMILES string of the molecule is CC=C=CCOc1ccc(S(=O)(=O)N2CCSC(C)(C)[C@@H]2C(=O)OC(C)(C)C)cc1. The molecule has 0 radical (unpaired) electrons. The molecular formula is C22H31NO5S2. The number of thioether (sulfide) groups is 1. The molecule has 0 N–H and O–H groups in total. The minimum atomic E-state index is -3.89. The van der Waals surface area contributed by atoms with Crippen molar-refractivity contribution in [1.29, 1.82) is 0 Å². The molecule has 0 saturated carbocycles. The van der Waals surface area contributed by atoms with Gasteiger partial charge in [-0.1, -0.05) is 0 Å². The molecule has 0 bridgehead atoms. The van der Waals surface area contributed by atoms with Crippen LogP contribution >= 0.6 is 11.8 Å². The first-order chi connectivity index (χ1) is 13.9. The first kappa shape index (κ1) is 24.5. The number of ether oxygens (including phenoxy) is 2. The number of nitrogens with zero attached hydrogens (tertiary/aromatic N) is 1. The predicted molar refractivity (Wildman–Crippen MR) is 120 cm³/mol. The molecule has 0 aromatic heterocycles. The van der Waals surface area contributed by atoms with E-state index in [-0.39, 0.29) is 11.4 Å². The van der Waals surface area contributed by atoms with Gasteiger partial charge in [-0.25, -0.2) is 8.42 Å². The summed E-state index contributed by atoms with van der Waals surface area (Å²) in [4.78, 5) is 13.1. The average molecular weight is 454 g/mol. The second-order valence-corrected chi connectivity index (χ2v) is 12.1. The van der Waals surface area contributed by atoms with Gasteiger partial charge in [-0.15, -0.1) is 5.73 Å². The van der Waals surface area contributed by atoms with Gasteiger partial charge < -0.3 is 9.47 Å². The van der Waals surface area contributed by atoms with E-state index < -0.39 is 32.4 Å². The van der Waals surface area contributed by atoms with E-state index in [2.05, 4.69) is 5.73 Å². The van der Waals surface area contributed by atoms with E-state index in [0.717, 1.165) is 0 Å². The van der Waals surface area contributed by atoms with Crippen molar-refractivity contribution in [2.75, 3.05) is 18.9 Å². The summed E-state index contributed by atoms with van der Waals surface area (Å²) >= 11 is 1.57. The fourth-order valence-electron chi connectivity index (χ4n) is 3.12. The van der Waals surface area contributed by atoms with Crippen LogP contribution in [-0.2, 0) is 19.6 Å². The zero-order chi connectivity index (χ0) is 22.6. The van der Waals surface area contributed by atoms with Crippen LogP contribution in [0.4, 0.5) is 0 Å². The van der Waals surface area contributed by atoms with Crippen molar-refractivity contribution >= 4 is 27.8 Å². The highest BCUT2D eigenvalue weighted by Gasteiger charge is 2.49. The Morgan fingerprint density at radius 2 is 1.93 bits per heavy atom. The van der Waals surface area contributed by atoms with Crippen molar-refractivity contribution in [2.45, 2.75) is 62.8 Å². The normalized spacial score (nSPS) is 19.5. The van der Waals surface area contributed by atoms with Crippen LogP contribution in [0.5, 0.6) is 5.75 Å². The fourth-order valence-corrected chi connectivity index (χ4v) is 6.21. The van der Waals surface area contributed by atoms with Crippen molar-refractivity contribution in [3.8, 4) is 5.75 Å². The van der Waals surface area contributed by atoms with Crippen LogP contribution in [0.15, 0.2) is 47.0 Å². The van der Waals surface area contributed by atoms with Gasteiger partial charge in [-0.3, -0.25) is 4.79 Å². The third-order valence-electron chi connectivity index (χ3n) is 4.41. The number of hydrogen-bond acceptors (Lipinski definition) is 6. The minimum Gasteiger partial charge on any atom is -0.489 e. The van der Waals surface area contributed by atoms with Crippen LogP contribution in [0.25, 0.3) is 0 Å². The molecule has 1 heterocycles. The Morgan fingerprint density at radius 1 is 1.30 bits per heavy atom. The molecule has 1 atom stereocenters. The molecular weight excluding hydrogens is 422 g/mol. The van der Waals surface area contributed by atoms with Crippen LogP contribution in [0.3, 0.4) is 0 Å². The average Bonchev–Trinajstić information content (AvgIpc) is 2.63. The lowest BCUT2D eigenvalue weighted by molar-refractivity contribution is -0.160. The number of sulfonamides is 1. The number of hydrogen-bond donors (Lipinski definition) is 0. The monoisotopic (exact) mass is 453 g/mol. The Morgan fingerprint density at radius 3 is 2.50 bits per heavy atom. The number of carbonyl (C=O) groups is 1. The molecule has 30 heavy (non-hydrogen) atoms. The lowest BCUT2D eigenvalue weighted by Crippen LogP contribution is -2.59. The third-order valence-corrected chi connectivity index (χ3v) is 7.64. The van der Waals surface area contributed by atoms with E-state index in [9.17, 15) is 13.2 Å². The molecule has 1 saturated heterocycles. The zero-order valence-corrected chi connectivity index (χ0v) is 20.1. The number of rotatable bonds is 6. The molecule has 1 aromatic carbocycles. The molecule has 0 aliphatic carbocycles. The van der Waals surface area contributed by atoms with Gasteiger partial charge in [0.2, 0.25) is 10.0 Å². The second-order valence-electron chi connectivity index (χ2n) is 8.45. The van der Waals surface area contributed by atoms with E-state index in [1.165, 1.54) is 16.4 Å². The molecule has 0 amide bonds. The van der Waals surface area contributed by atoms with Crippen molar-refractivity contribution < 1.29 is 22.7 Å². The molecule has 166 valence electrons. The van der Waals surface area contributed by atoms with Gasteiger partial charge in [0.05, 0.1) is 4.90 Å². The molecule has 1 aliphatic heterocycles. The van der Waals surface area contributed by atoms with Crippen LogP contribution < -0.4 is 4.74 Å². The quantitative estimate of drug-likeness (QED) is 0.478. The van der Waals surface area contributed by atoms with E-state index in [0.29, 0.717) is 18.1 Å². The van der Waals surface area contributed by atoms with E-state index in [1.54, 1.807) is 56.8 Å². The summed E-state index contributed by atoms with van der Waals surface area (Å²) in [6.45, 7) is 11.5. The van der Waals surface area contributed by atoms with Crippen molar-refractivity contribution in [2.24, 2.45) is 0 Å². The topological polar surface area (TPSA) is 72.9 Å². The standard InChI is InChI=1S/C22H31NO5S2/c1-7-8-9-15-27-17-10-12-18(13-11-17)30(25,26)23-14-16-29-22(5,6)19(23)20(24)28-21(2,3)4/h7,9-13,19H,14-16H2,1-6H3/t8?,19-/m0/s1. The minimum absolute atomic E-state index is 0.120. The van der Waals surface area contributed by atoms with E-state index >= 15 is 0 Å². The number of esters is 1. The highest BCUT2D eigenvalue weighted by Crippen LogP contribution is 2.39. The van der Waals surface area contributed by atoms with Crippen LogP contribution in [0.2, 0.25) is 0 Å². The number of benzene rings is 1. The summed E-state index contributed by atoms with van der Waals surface area (Å²) < 4.78 is 38.6. The maximum Gasteiger partial charge on any atom is 0.326 e. The highest BCUT2D eigenvalue weighted by atomic mass is 32.2. The molecule has 2 rings (SSSR count). The Kier molecular flexibility index (Phi) is 7.85. The van der Waals surface area contributed by atoms with E-state index in [4.69, 9.17) is 9.47 Å². The van der Waals surface area contributed by atoms with Crippen molar-refractivity contribution in [1.82, 2.24) is 4.31 Å². The lowest BCUT2D eigenvalue weighted by Gasteiger charge is -2.44. The van der Waals surface area contributed by atoms with Crippen LogP contribution in [-0.4, -0.2) is 54.0 Å². The van der Waals surface area contributed by atoms with Gasteiger partial charge in [0.15, 0.2) is 0 Å². The summed E-state index contributed by atoms with van der Waals surface area (Å²) in [6, 6.07) is 5.32. The van der Waals surface area contributed by atoms with Gasteiger partial charge in [0.1, 0.15) is 24.0 Å².